The van der Waals surface area contributed by atoms with E-state index in [1.54, 1.807) is 0 Å². The van der Waals surface area contributed by atoms with Crippen LogP contribution in [-0.2, 0) is 10.2 Å². The molecule has 0 N–H and O–H groups in total. The van der Waals surface area contributed by atoms with Crippen molar-refractivity contribution in [1.82, 2.24) is 4.98 Å². The van der Waals surface area contributed by atoms with Gasteiger partial charge in [-0.2, -0.15) is 8.42 Å². The van der Waals surface area contributed by atoms with E-state index < -0.39 is 15.2 Å². The molecule has 7 heteroatoms. The van der Waals surface area contributed by atoms with Gasteiger partial charge in [-0.15, -0.1) is 0 Å². The van der Waals surface area contributed by atoms with E-state index in [0.29, 0.717) is 0 Å². The highest BCUT2D eigenvalue weighted by Gasteiger charge is 2.18. The van der Waals surface area contributed by atoms with Crippen molar-refractivity contribution in [3.63, 3.8) is 0 Å². The van der Waals surface area contributed by atoms with E-state index in [1.807, 2.05) is 0 Å². The third-order valence-corrected chi connectivity index (χ3v) is 2.40. The molecular weight excluding hydrogens is 228 g/mol. The summed E-state index contributed by atoms with van der Waals surface area (Å²) in [4.78, 5) is 3.22. The van der Waals surface area contributed by atoms with Crippen LogP contribution in [0.2, 0.25) is 10.0 Å². The second-order valence-corrected chi connectivity index (χ2v) is 3.98. The molecule has 1 heterocycles. The first-order valence-electron chi connectivity index (χ1n) is 2.67. The van der Waals surface area contributed by atoms with Gasteiger partial charge in [-0.05, 0) is 6.07 Å². The van der Waals surface area contributed by atoms with Gasteiger partial charge in [0, 0.05) is 6.20 Å². The molecule has 0 amide bonds. The van der Waals surface area contributed by atoms with Crippen molar-refractivity contribution in [2.24, 2.45) is 0 Å². The molecule has 0 radical (unpaired) electrons. The van der Waals surface area contributed by atoms with Gasteiger partial charge in [0.15, 0.2) is 0 Å². The van der Waals surface area contributed by atoms with Gasteiger partial charge < -0.3 is 0 Å². The number of aromatic nitrogens is 1. The Hall–Kier alpha value is -0.390. The summed E-state index contributed by atoms with van der Waals surface area (Å²) in [5.41, 5.74) is 0. The fraction of sp³-hybridized carbons (Fsp3) is 0. The lowest BCUT2D eigenvalue weighted by molar-refractivity contribution is 0.548. The maximum atomic E-state index is 12.3. The molecular formula is C5H2Cl2FNO2S. The van der Waals surface area contributed by atoms with Crippen LogP contribution in [0.5, 0.6) is 0 Å². The van der Waals surface area contributed by atoms with Crippen LogP contribution in [0.1, 0.15) is 0 Å². The Kier molecular flexibility index (Phi) is 2.55. The third-order valence-electron chi connectivity index (χ3n) is 1.01. The molecule has 0 aliphatic rings. The molecule has 0 bridgehead atoms. The summed E-state index contributed by atoms with van der Waals surface area (Å²) in [6.45, 7) is 0. The molecule has 0 atom stereocenters. The van der Waals surface area contributed by atoms with Crippen LogP contribution in [0.3, 0.4) is 0 Å². The molecule has 0 spiro atoms. The lowest BCUT2D eigenvalue weighted by Crippen LogP contribution is -1.96. The monoisotopic (exact) mass is 229 g/mol. The average molecular weight is 230 g/mol. The van der Waals surface area contributed by atoms with Gasteiger partial charge in [-0.25, -0.2) is 4.98 Å². The zero-order valence-electron chi connectivity index (χ0n) is 5.46. The molecule has 0 saturated heterocycles. The van der Waals surface area contributed by atoms with Gasteiger partial charge in [0.1, 0.15) is 0 Å². The second kappa shape index (κ2) is 3.16. The van der Waals surface area contributed by atoms with Gasteiger partial charge in [0.25, 0.3) is 0 Å². The minimum Gasteiger partial charge on any atom is -0.239 e. The predicted molar refractivity (Wildman–Crippen MR) is 42.6 cm³/mol. The topological polar surface area (TPSA) is 47.0 Å². The van der Waals surface area contributed by atoms with Crippen LogP contribution >= 0.6 is 23.2 Å². The highest BCUT2D eigenvalue weighted by Crippen LogP contribution is 2.23. The Morgan fingerprint density at radius 3 is 2.42 bits per heavy atom. The van der Waals surface area contributed by atoms with Crippen LogP contribution in [0.4, 0.5) is 3.89 Å². The van der Waals surface area contributed by atoms with Crippen molar-refractivity contribution >= 4 is 33.4 Å². The van der Waals surface area contributed by atoms with E-state index in [1.165, 1.54) is 0 Å². The second-order valence-electron chi connectivity index (χ2n) is 1.88. The van der Waals surface area contributed by atoms with Crippen molar-refractivity contribution in [3.8, 4) is 0 Å². The highest BCUT2D eigenvalue weighted by molar-refractivity contribution is 7.86. The molecule has 66 valence electrons. The molecule has 3 nitrogen and oxygen atoms in total. The van der Waals surface area contributed by atoms with E-state index in [2.05, 4.69) is 4.98 Å². The number of nitrogens with zero attached hydrogens (tertiary/aromatic N) is 1. The molecule has 0 fully saturated rings. The van der Waals surface area contributed by atoms with Gasteiger partial charge in [-0.1, -0.05) is 27.1 Å². The molecule has 0 aliphatic heterocycles. The fourth-order valence-corrected chi connectivity index (χ4v) is 1.71. The molecule has 0 saturated carbocycles. The van der Waals surface area contributed by atoms with Crippen LogP contribution in [0, 0.1) is 0 Å². The Bertz CT molecular complexity index is 406. The van der Waals surface area contributed by atoms with Gasteiger partial charge >= 0.3 is 10.2 Å². The number of rotatable bonds is 1. The zero-order valence-corrected chi connectivity index (χ0v) is 7.79. The molecule has 1 aromatic heterocycles. The maximum absolute atomic E-state index is 12.3. The van der Waals surface area contributed by atoms with E-state index in [9.17, 15) is 12.3 Å². The van der Waals surface area contributed by atoms with Gasteiger partial charge in [0.05, 0.1) is 10.0 Å². The van der Waals surface area contributed by atoms with Crippen molar-refractivity contribution in [2.45, 2.75) is 5.03 Å². The van der Waals surface area contributed by atoms with Crippen molar-refractivity contribution in [1.29, 1.82) is 0 Å². The van der Waals surface area contributed by atoms with Crippen LogP contribution in [0.15, 0.2) is 17.3 Å². The first-order valence-corrected chi connectivity index (χ1v) is 4.81. The standard InChI is InChI=1S/C5H2Cl2FNO2S/c6-3-1-4(7)5(9-2-3)12(8,10)11/h1-2H. The van der Waals surface area contributed by atoms with Gasteiger partial charge in [-0.3, -0.25) is 0 Å². The summed E-state index contributed by atoms with van der Waals surface area (Å²) in [5.74, 6) is 0. The molecule has 0 unspecified atom stereocenters. The Morgan fingerprint density at radius 2 is 2.00 bits per heavy atom. The summed E-state index contributed by atoms with van der Waals surface area (Å²) >= 11 is 10.8. The Morgan fingerprint density at radius 1 is 1.42 bits per heavy atom. The normalized spacial score (nSPS) is 11.6. The van der Waals surface area contributed by atoms with Crippen LogP contribution in [0.25, 0.3) is 0 Å². The van der Waals surface area contributed by atoms with Crippen molar-refractivity contribution in [2.75, 3.05) is 0 Å². The summed E-state index contributed by atoms with van der Waals surface area (Å²) in [5, 5.41) is -0.994. The predicted octanol–water partition coefficient (Wildman–Crippen LogP) is 2.05. The minimum atomic E-state index is -4.85. The maximum Gasteiger partial charge on any atom is 0.351 e. The summed E-state index contributed by atoms with van der Waals surface area (Å²) in [6, 6.07) is 1.10. The first kappa shape index (κ1) is 9.70. The fourth-order valence-electron chi connectivity index (χ4n) is 0.581. The highest BCUT2D eigenvalue weighted by atomic mass is 35.5. The smallest absolute Gasteiger partial charge is 0.239 e. The molecule has 0 aliphatic carbocycles. The largest absolute Gasteiger partial charge is 0.351 e. The van der Waals surface area contributed by atoms with E-state index in [4.69, 9.17) is 23.2 Å². The molecule has 1 aromatic rings. The van der Waals surface area contributed by atoms with E-state index in [0.717, 1.165) is 12.3 Å². The van der Waals surface area contributed by atoms with E-state index in [-0.39, 0.29) is 10.0 Å². The number of pyridine rings is 1. The number of halogens is 3. The molecule has 0 aromatic carbocycles. The Labute approximate surface area is 78.3 Å². The lowest BCUT2D eigenvalue weighted by atomic mass is 10.5. The van der Waals surface area contributed by atoms with Crippen LogP contribution in [-0.4, -0.2) is 13.4 Å². The average Bonchev–Trinajstić information content (AvgIpc) is 1.83. The quantitative estimate of drug-likeness (QED) is 0.693. The van der Waals surface area contributed by atoms with Crippen molar-refractivity contribution in [3.05, 3.63) is 22.3 Å². The van der Waals surface area contributed by atoms with Crippen LogP contribution < -0.4 is 0 Å². The first-order chi connectivity index (χ1) is 5.41. The van der Waals surface area contributed by atoms with Crippen molar-refractivity contribution < 1.29 is 12.3 Å². The SMILES string of the molecule is O=S(=O)(F)c1ncc(Cl)cc1Cl. The summed E-state index contributed by atoms with van der Waals surface area (Å²) in [6.07, 6.45) is 1.000. The minimum absolute atomic E-state index is 0.146. The molecule has 1 rings (SSSR count). The number of hydrogen-bond donors (Lipinski definition) is 0. The lowest BCUT2D eigenvalue weighted by Gasteiger charge is -1.96. The third kappa shape index (κ3) is 2.06. The Balaban J connectivity index is 3.39. The zero-order chi connectivity index (χ0) is 9.35. The summed E-state index contributed by atoms with van der Waals surface area (Å²) < 4.78 is 32.9. The van der Waals surface area contributed by atoms with Gasteiger partial charge in [0.2, 0.25) is 5.03 Å². The number of hydrogen-bond acceptors (Lipinski definition) is 3. The summed E-state index contributed by atoms with van der Waals surface area (Å²) in [7, 11) is -4.85. The van der Waals surface area contributed by atoms with E-state index >= 15 is 0 Å². The molecule has 12 heavy (non-hydrogen) atoms.